The number of nitrogens with zero attached hydrogens (tertiary/aromatic N) is 2. The van der Waals surface area contributed by atoms with Gasteiger partial charge in [-0.25, -0.2) is 0 Å². The average Bonchev–Trinajstić information content (AvgIpc) is 3.16. The molecule has 1 aliphatic heterocycles. The van der Waals surface area contributed by atoms with Crippen molar-refractivity contribution in [1.82, 2.24) is 9.88 Å². The van der Waals surface area contributed by atoms with Gasteiger partial charge in [0.15, 0.2) is 0 Å². The van der Waals surface area contributed by atoms with Crippen molar-refractivity contribution in [3.05, 3.63) is 77.1 Å². The Morgan fingerprint density at radius 2 is 1.83 bits per heavy atom. The first-order valence-corrected chi connectivity index (χ1v) is 9.99. The van der Waals surface area contributed by atoms with Crippen molar-refractivity contribution < 1.29 is 14.3 Å². The maximum absolute atomic E-state index is 12.9. The number of fused-ring (bicyclic) bond motifs is 3. The summed E-state index contributed by atoms with van der Waals surface area (Å²) < 4.78 is 5.34. The Morgan fingerprint density at radius 1 is 1.00 bits per heavy atom. The Kier molecular flexibility index (Phi) is 4.56. The molecule has 0 atom stereocenters. The second-order valence-corrected chi connectivity index (χ2v) is 7.61. The molecule has 0 unspecified atom stereocenters. The Morgan fingerprint density at radius 3 is 2.57 bits per heavy atom. The fourth-order valence-electron chi connectivity index (χ4n) is 4.30. The van der Waals surface area contributed by atoms with Crippen LogP contribution in [0.3, 0.4) is 0 Å². The number of carbonyl (C=O) groups is 2. The summed E-state index contributed by atoms with van der Waals surface area (Å²) in [4.78, 5) is 31.1. The minimum absolute atomic E-state index is 0.0169. The number of aromatic nitrogens is 1. The van der Waals surface area contributed by atoms with Gasteiger partial charge in [0.1, 0.15) is 0 Å². The second-order valence-electron chi connectivity index (χ2n) is 7.61. The molecule has 0 spiro atoms. The number of nitrogens with two attached hydrogens (primary N) is 1. The van der Waals surface area contributed by atoms with E-state index < -0.39 is 5.91 Å². The number of pyridine rings is 1. The molecule has 2 N–H and O–H groups in total. The van der Waals surface area contributed by atoms with E-state index in [0.29, 0.717) is 43.9 Å². The third-order valence-corrected chi connectivity index (χ3v) is 5.82. The Hall–Kier alpha value is -3.51. The van der Waals surface area contributed by atoms with E-state index in [2.05, 4.69) is 11.1 Å². The van der Waals surface area contributed by atoms with E-state index in [0.717, 1.165) is 33.4 Å². The first-order chi connectivity index (χ1) is 14.6. The number of morpholine rings is 1. The summed E-state index contributed by atoms with van der Waals surface area (Å²) in [6.45, 7) is 2.36. The number of amides is 2. The molecule has 2 amide bonds. The SMILES string of the molecule is NC(=O)c1cc(-c2cccnc2)cc2c1Cc1cc(C(=O)N3CCOCC3)ccc1-2. The highest BCUT2D eigenvalue weighted by atomic mass is 16.5. The van der Waals surface area contributed by atoms with Crippen molar-refractivity contribution in [1.29, 1.82) is 0 Å². The van der Waals surface area contributed by atoms with Crippen LogP contribution in [0.1, 0.15) is 31.8 Å². The highest BCUT2D eigenvalue weighted by molar-refractivity contribution is 6.01. The van der Waals surface area contributed by atoms with E-state index >= 15 is 0 Å². The van der Waals surface area contributed by atoms with E-state index in [4.69, 9.17) is 10.5 Å². The zero-order valence-corrected chi connectivity index (χ0v) is 16.4. The van der Waals surface area contributed by atoms with Crippen LogP contribution in [0.25, 0.3) is 22.3 Å². The van der Waals surface area contributed by atoms with Crippen molar-refractivity contribution in [2.45, 2.75) is 6.42 Å². The van der Waals surface area contributed by atoms with Crippen LogP contribution in [0, 0.1) is 0 Å². The molecule has 6 heteroatoms. The van der Waals surface area contributed by atoms with Gasteiger partial charge in [0.05, 0.1) is 13.2 Å². The zero-order chi connectivity index (χ0) is 20.7. The molecule has 3 aromatic rings. The smallest absolute Gasteiger partial charge is 0.254 e. The van der Waals surface area contributed by atoms with Crippen LogP contribution in [0.15, 0.2) is 54.9 Å². The van der Waals surface area contributed by atoms with Gasteiger partial charge in [-0.3, -0.25) is 14.6 Å². The maximum atomic E-state index is 12.9. The highest BCUT2D eigenvalue weighted by Gasteiger charge is 2.26. The molecule has 5 rings (SSSR count). The third kappa shape index (κ3) is 3.15. The first kappa shape index (κ1) is 18.5. The molecule has 30 heavy (non-hydrogen) atoms. The van der Waals surface area contributed by atoms with E-state index in [1.165, 1.54) is 0 Å². The largest absolute Gasteiger partial charge is 0.378 e. The number of hydrogen-bond acceptors (Lipinski definition) is 4. The Bertz CT molecular complexity index is 1150. The third-order valence-electron chi connectivity index (χ3n) is 5.82. The molecule has 2 heterocycles. The molecule has 1 aromatic heterocycles. The quantitative estimate of drug-likeness (QED) is 0.574. The predicted molar refractivity (Wildman–Crippen MR) is 113 cm³/mol. The molecule has 1 aliphatic carbocycles. The standard InChI is InChI=1S/C24H21N3O3/c25-23(28)22-12-17(16-2-1-5-26-14-16)11-20-19-4-3-15(10-18(19)13-21(20)22)24(29)27-6-8-30-9-7-27/h1-5,10-12,14H,6-9,13H2,(H2,25,28). The van der Waals surface area contributed by atoms with Crippen molar-refractivity contribution in [3.8, 4) is 22.3 Å². The molecule has 0 radical (unpaired) electrons. The number of benzene rings is 2. The summed E-state index contributed by atoms with van der Waals surface area (Å²) >= 11 is 0. The lowest BCUT2D eigenvalue weighted by atomic mass is 9.94. The minimum Gasteiger partial charge on any atom is -0.378 e. The monoisotopic (exact) mass is 399 g/mol. The summed E-state index contributed by atoms with van der Waals surface area (Å²) in [5, 5.41) is 0. The lowest BCUT2D eigenvalue weighted by molar-refractivity contribution is 0.0303. The zero-order valence-electron chi connectivity index (χ0n) is 16.4. The van der Waals surface area contributed by atoms with Crippen molar-refractivity contribution in [2.24, 2.45) is 5.73 Å². The summed E-state index contributed by atoms with van der Waals surface area (Å²) in [5.41, 5.74) is 12.7. The van der Waals surface area contributed by atoms with Crippen molar-refractivity contribution in [2.75, 3.05) is 26.3 Å². The van der Waals surface area contributed by atoms with E-state index in [-0.39, 0.29) is 5.91 Å². The maximum Gasteiger partial charge on any atom is 0.254 e. The lowest BCUT2D eigenvalue weighted by Gasteiger charge is -2.27. The van der Waals surface area contributed by atoms with Gasteiger partial charge in [-0.1, -0.05) is 12.1 Å². The molecule has 2 aromatic carbocycles. The van der Waals surface area contributed by atoms with Crippen LogP contribution in [0.2, 0.25) is 0 Å². The predicted octanol–water partition coefficient (Wildman–Crippen LogP) is 2.89. The second kappa shape index (κ2) is 7.39. The summed E-state index contributed by atoms with van der Waals surface area (Å²) in [6.07, 6.45) is 4.07. The number of ether oxygens (including phenoxy) is 1. The van der Waals surface area contributed by atoms with Crippen LogP contribution in [0.5, 0.6) is 0 Å². The molecule has 150 valence electrons. The van der Waals surface area contributed by atoms with Crippen molar-refractivity contribution in [3.63, 3.8) is 0 Å². The van der Waals surface area contributed by atoms with Crippen molar-refractivity contribution >= 4 is 11.8 Å². The van der Waals surface area contributed by atoms with E-state index in [9.17, 15) is 9.59 Å². The first-order valence-electron chi connectivity index (χ1n) is 9.99. The summed E-state index contributed by atoms with van der Waals surface area (Å²) in [6, 6.07) is 13.5. The van der Waals surface area contributed by atoms with Gasteiger partial charge in [-0.05, 0) is 64.6 Å². The average molecular weight is 399 g/mol. The van der Waals surface area contributed by atoms with Crippen LogP contribution in [-0.2, 0) is 11.2 Å². The van der Waals surface area contributed by atoms with Gasteiger partial charge >= 0.3 is 0 Å². The van der Waals surface area contributed by atoms with E-state index in [1.54, 1.807) is 12.4 Å². The van der Waals surface area contributed by atoms with Crippen LogP contribution >= 0.6 is 0 Å². The molecule has 1 saturated heterocycles. The highest BCUT2D eigenvalue weighted by Crippen LogP contribution is 2.41. The molecule has 0 bridgehead atoms. The molecule has 6 nitrogen and oxygen atoms in total. The van der Waals surface area contributed by atoms with Gasteiger partial charge < -0.3 is 15.4 Å². The number of hydrogen-bond donors (Lipinski definition) is 1. The molecule has 0 saturated carbocycles. The lowest BCUT2D eigenvalue weighted by Crippen LogP contribution is -2.40. The van der Waals surface area contributed by atoms with Gasteiger partial charge in [0, 0.05) is 42.2 Å². The van der Waals surface area contributed by atoms with E-state index in [1.807, 2.05) is 41.3 Å². The minimum atomic E-state index is -0.450. The van der Waals surface area contributed by atoms with Gasteiger partial charge in [0.25, 0.3) is 5.91 Å². The Balaban J connectivity index is 1.56. The number of rotatable bonds is 3. The molecular formula is C24H21N3O3. The van der Waals surface area contributed by atoms with Crippen LogP contribution in [0.4, 0.5) is 0 Å². The molecular weight excluding hydrogens is 378 g/mol. The summed E-state index contributed by atoms with van der Waals surface area (Å²) in [5.74, 6) is -0.433. The van der Waals surface area contributed by atoms with Crippen LogP contribution < -0.4 is 5.73 Å². The topological polar surface area (TPSA) is 85.5 Å². The van der Waals surface area contributed by atoms with Crippen LogP contribution in [-0.4, -0.2) is 48.0 Å². The fourth-order valence-corrected chi connectivity index (χ4v) is 4.30. The van der Waals surface area contributed by atoms with Gasteiger partial charge in [-0.2, -0.15) is 0 Å². The molecule has 2 aliphatic rings. The van der Waals surface area contributed by atoms with Gasteiger partial charge in [-0.15, -0.1) is 0 Å². The number of primary amides is 1. The fraction of sp³-hybridized carbons (Fsp3) is 0.208. The number of carbonyl (C=O) groups excluding carboxylic acids is 2. The molecule has 1 fully saturated rings. The Labute approximate surface area is 174 Å². The van der Waals surface area contributed by atoms with Gasteiger partial charge in [0.2, 0.25) is 5.91 Å². The normalized spacial score (nSPS) is 14.9. The summed E-state index contributed by atoms with van der Waals surface area (Å²) in [7, 11) is 0.